The van der Waals surface area contributed by atoms with E-state index < -0.39 is 23.9 Å². The number of carboxylic acids is 2. The van der Waals surface area contributed by atoms with E-state index in [-0.39, 0.29) is 24.0 Å². The van der Waals surface area contributed by atoms with Crippen molar-refractivity contribution in [2.45, 2.75) is 18.9 Å². The molecular formula is C13H13NO6. The molecule has 0 aliphatic heterocycles. The molecule has 0 aliphatic carbocycles. The first kappa shape index (κ1) is 15.4. The van der Waals surface area contributed by atoms with Crippen LogP contribution in [0.4, 0.5) is 0 Å². The van der Waals surface area contributed by atoms with Crippen LogP contribution in [0.3, 0.4) is 0 Å². The van der Waals surface area contributed by atoms with Crippen molar-refractivity contribution in [3.05, 3.63) is 35.4 Å². The third-order valence-corrected chi connectivity index (χ3v) is 2.58. The lowest BCUT2D eigenvalue weighted by Crippen LogP contribution is -2.41. The summed E-state index contributed by atoms with van der Waals surface area (Å²) >= 11 is 0. The number of hydrogen-bond acceptors (Lipinski definition) is 4. The predicted molar refractivity (Wildman–Crippen MR) is 67.6 cm³/mol. The highest BCUT2D eigenvalue weighted by Crippen LogP contribution is 2.07. The standard InChI is InChI=1S/C13H13NO6/c15-7-8-3-1-2-4-9(8)12(18)14-10(13(19)20)5-6-11(16)17/h1-4,7,10H,5-6H2,(H,14,18)(H,16,17)(H,19,20)/t10-/m0/s1. The van der Waals surface area contributed by atoms with E-state index in [1.807, 2.05) is 0 Å². The summed E-state index contributed by atoms with van der Waals surface area (Å²) in [4.78, 5) is 44.1. The lowest BCUT2D eigenvalue weighted by Gasteiger charge is -2.14. The highest BCUT2D eigenvalue weighted by Gasteiger charge is 2.22. The summed E-state index contributed by atoms with van der Waals surface area (Å²) in [6.45, 7) is 0. The van der Waals surface area contributed by atoms with Crippen molar-refractivity contribution in [2.75, 3.05) is 0 Å². The fraction of sp³-hybridized carbons (Fsp3) is 0.231. The SMILES string of the molecule is O=Cc1ccccc1C(=O)N[C@@H](CCC(=O)O)C(=O)O. The molecule has 0 saturated heterocycles. The average molecular weight is 279 g/mol. The molecule has 1 aromatic carbocycles. The van der Waals surface area contributed by atoms with Gasteiger partial charge >= 0.3 is 11.9 Å². The minimum Gasteiger partial charge on any atom is -0.481 e. The van der Waals surface area contributed by atoms with Crippen molar-refractivity contribution < 1.29 is 29.4 Å². The summed E-state index contributed by atoms with van der Waals surface area (Å²) in [6.07, 6.45) is -0.131. The first-order valence-corrected chi connectivity index (χ1v) is 5.75. The molecule has 0 radical (unpaired) electrons. The number of carboxylic acid groups (broad SMARTS) is 2. The van der Waals surface area contributed by atoms with Crippen molar-refractivity contribution >= 4 is 24.1 Å². The Hall–Kier alpha value is -2.70. The Kier molecular flexibility index (Phi) is 5.40. The topological polar surface area (TPSA) is 121 Å². The molecule has 1 amide bonds. The fourth-order valence-corrected chi connectivity index (χ4v) is 1.57. The molecule has 0 bridgehead atoms. The normalized spacial score (nSPS) is 11.4. The third-order valence-electron chi connectivity index (χ3n) is 2.58. The van der Waals surface area contributed by atoms with E-state index >= 15 is 0 Å². The van der Waals surface area contributed by atoms with Crippen LogP contribution in [0.25, 0.3) is 0 Å². The van der Waals surface area contributed by atoms with Crippen molar-refractivity contribution in [1.82, 2.24) is 5.32 Å². The van der Waals surface area contributed by atoms with Crippen LogP contribution in [0.15, 0.2) is 24.3 Å². The molecule has 1 atom stereocenters. The van der Waals surface area contributed by atoms with E-state index in [1.54, 1.807) is 6.07 Å². The van der Waals surface area contributed by atoms with Crippen molar-refractivity contribution in [3.63, 3.8) is 0 Å². The zero-order valence-corrected chi connectivity index (χ0v) is 10.4. The second-order valence-electron chi connectivity index (χ2n) is 4.00. The molecule has 0 spiro atoms. The van der Waals surface area contributed by atoms with E-state index in [4.69, 9.17) is 10.2 Å². The molecule has 0 fully saturated rings. The van der Waals surface area contributed by atoms with Gasteiger partial charge in [0.2, 0.25) is 0 Å². The van der Waals surface area contributed by atoms with Crippen molar-refractivity contribution in [1.29, 1.82) is 0 Å². The summed E-state index contributed by atoms with van der Waals surface area (Å²) in [6, 6.07) is 4.59. The number of nitrogens with one attached hydrogen (secondary N) is 1. The van der Waals surface area contributed by atoms with Crippen LogP contribution in [0.2, 0.25) is 0 Å². The summed E-state index contributed by atoms with van der Waals surface area (Å²) in [5.74, 6) is -3.22. The van der Waals surface area contributed by atoms with Crippen LogP contribution in [-0.2, 0) is 9.59 Å². The molecule has 0 heterocycles. The maximum Gasteiger partial charge on any atom is 0.326 e. The van der Waals surface area contributed by atoms with E-state index in [0.717, 1.165) is 0 Å². The van der Waals surface area contributed by atoms with Gasteiger partial charge in [-0.3, -0.25) is 14.4 Å². The van der Waals surface area contributed by atoms with Crippen molar-refractivity contribution in [2.24, 2.45) is 0 Å². The number of rotatable bonds is 7. The zero-order valence-electron chi connectivity index (χ0n) is 10.4. The molecule has 1 aromatic rings. The van der Waals surface area contributed by atoms with E-state index in [2.05, 4.69) is 5.32 Å². The molecule has 0 aliphatic rings. The van der Waals surface area contributed by atoms with Crippen LogP contribution in [0.1, 0.15) is 33.6 Å². The Morgan fingerprint density at radius 2 is 1.85 bits per heavy atom. The molecule has 7 nitrogen and oxygen atoms in total. The number of hydrogen-bond donors (Lipinski definition) is 3. The molecule has 7 heteroatoms. The monoisotopic (exact) mass is 279 g/mol. The molecule has 0 aromatic heterocycles. The van der Waals surface area contributed by atoms with Crippen LogP contribution in [0.5, 0.6) is 0 Å². The quantitative estimate of drug-likeness (QED) is 0.627. The van der Waals surface area contributed by atoms with Gasteiger partial charge in [0, 0.05) is 17.5 Å². The smallest absolute Gasteiger partial charge is 0.326 e. The van der Waals surface area contributed by atoms with Crippen LogP contribution < -0.4 is 5.32 Å². The van der Waals surface area contributed by atoms with Gasteiger partial charge in [-0.2, -0.15) is 0 Å². The molecule has 3 N–H and O–H groups in total. The third kappa shape index (κ3) is 4.20. The van der Waals surface area contributed by atoms with Crippen LogP contribution in [0, 0.1) is 0 Å². The van der Waals surface area contributed by atoms with Crippen LogP contribution in [-0.4, -0.2) is 40.4 Å². The number of carbonyl (C=O) groups is 4. The number of aliphatic carboxylic acids is 2. The highest BCUT2D eigenvalue weighted by atomic mass is 16.4. The Morgan fingerprint density at radius 3 is 2.40 bits per heavy atom. The summed E-state index contributed by atoms with van der Waals surface area (Å²) in [5.41, 5.74) is 0.177. The minimum atomic E-state index is -1.33. The molecule has 0 saturated carbocycles. The maximum atomic E-state index is 11.9. The Labute approximate surface area is 114 Å². The summed E-state index contributed by atoms with van der Waals surface area (Å²) in [7, 11) is 0. The van der Waals surface area contributed by atoms with E-state index in [9.17, 15) is 19.2 Å². The Balaban J connectivity index is 2.82. The van der Waals surface area contributed by atoms with Crippen molar-refractivity contribution in [3.8, 4) is 0 Å². The average Bonchev–Trinajstić information content (AvgIpc) is 2.42. The predicted octanol–water partition coefficient (Wildman–Crippen LogP) is 0.547. The fourth-order valence-electron chi connectivity index (χ4n) is 1.57. The molecular weight excluding hydrogens is 266 g/mol. The first-order valence-electron chi connectivity index (χ1n) is 5.75. The lowest BCUT2D eigenvalue weighted by atomic mass is 10.1. The molecule has 106 valence electrons. The highest BCUT2D eigenvalue weighted by molar-refractivity contribution is 6.02. The number of benzene rings is 1. The Bertz CT molecular complexity index is 539. The van der Waals surface area contributed by atoms with E-state index in [0.29, 0.717) is 6.29 Å². The second-order valence-corrected chi connectivity index (χ2v) is 4.00. The van der Waals surface area contributed by atoms with E-state index in [1.165, 1.54) is 18.2 Å². The number of amides is 1. The van der Waals surface area contributed by atoms with Gasteiger partial charge in [-0.05, 0) is 12.5 Å². The molecule has 20 heavy (non-hydrogen) atoms. The maximum absolute atomic E-state index is 11.9. The zero-order chi connectivity index (χ0) is 15.1. The van der Waals surface area contributed by atoms with Gasteiger partial charge < -0.3 is 15.5 Å². The van der Waals surface area contributed by atoms with Gasteiger partial charge in [-0.15, -0.1) is 0 Å². The number of carbonyl (C=O) groups excluding carboxylic acids is 2. The minimum absolute atomic E-state index is 0.0454. The summed E-state index contributed by atoms with van der Waals surface area (Å²) < 4.78 is 0. The number of aldehydes is 1. The van der Waals surface area contributed by atoms with Gasteiger partial charge in [0.05, 0.1) is 0 Å². The lowest BCUT2D eigenvalue weighted by molar-refractivity contribution is -0.140. The molecule has 1 rings (SSSR count). The first-order chi connectivity index (χ1) is 9.45. The largest absolute Gasteiger partial charge is 0.481 e. The van der Waals surface area contributed by atoms with Gasteiger partial charge in [0.25, 0.3) is 5.91 Å². The second kappa shape index (κ2) is 7.03. The van der Waals surface area contributed by atoms with Gasteiger partial charge in [0.15, 0.2) is 6.29 Å². The summed E-state index contributed by atoms with van der Waals surface area (Å²) in [5, 5.41) is 19.7. The Morgan fingerprint density at radius 1 is 1.20 bits per heavy atom. The van der Waals surface area contributed by atoms with Gasteiger partial charge in [-0.1, -0.05) is 18.2 Å². The van der Waals surface area contributed by atoms with Crippen LogP contribution >= 0.6 is 0 Å². The van der Waals surface area contributed by atoms with Gasteiger partial charge in [0.1, 0.15) is 6.04 Å². The molecule has 0 unspecified atom stereocenters. The van der Waals surface area contributed by atoms with Gasteiger partial charge in [-0.25, -0.2) is 4.79 Å².